The zero-order valence-corrected chi connectivity index (χ0v) is 19.9. The highest BCUT2D eigenvalue weighted by molar-refractivity contribution is 7.19. The summed E-state index contributed by atoms with van der Waals surface area (Å²) in [6.07, 6.45) is 4.35. The Balaban J connectivity index is 1.34. The van der Waals surface area contributed by atoms with Gasteiger partial charge in [0.1, 0.15) is 11.2 Å². The van der Waals surface area contributed by atoms with Crippen molar-refractivity contribution in [3.05, 3.63) is 46.4 Å². The van der Waals surface area contributed by atoms with Gasteiger partial charge < -0.3 is 14.3 Å². The lowest BCUT2D eigenvalue weighted by atomic mass is 10.0. The fourth-order valence-electron chi connectivity index (χ4n) is 4.08. The molecule has 0 amide bonds. The molecule has 172 valence electrons. The topological polar surface area (TPSA) is 86.4 Å². The summed E-state index contributed by atoms with van der Waals surface area (Å²) in [5.41, 5.74) is 3.02. The van der Waals surface area contributed by atoms with Crippen molar-refractivity contribution in [1.29, 1.82) is 0 Å². The van der Waals surface area contributed by atoms with E-state index >= 15 is 0 Å². The van der Waals surface area contributed by atoms with Crippen LogP contribution >= 0.6 is 11.3 Å². The number of fused-ring (bicyclic) bond motifs is 5. The van der Waals surface area contributed by atoms with Crippen molar-refractivity contribution in [2.45, 2.75) is 39.5 Å². The molecule has 3 aromatic heterocycles. The molecule has 1 aliphatic rings. The second kappa shape index (κ2) is 8.95. The third kappa shape index (κ3) is 4.11. The van der Waals surface area contributed by atoms with Gasteiger partial charge in [-0.05, 0) is 44.0 Å². The monoisotopic (exact) mass is 466 g/mol. The fourth-order valence-corrected chi connectivity index (χ4v) is 5.29. The van der Waals surface area contributed by atoms with Crippen LogP contribution in [-0.2, 0) is 24.4 Å². The van der Waals surface area contributed by atoms with E-state index in [1.165, 1.54) is 10.4 Å². The lowest BCUT2D eigenvalue weighted by molar-refractivity contribution is 0.126. The second-order valence-electron chi connectivity index (χ2n) is 8.16. The maximum absolute atomic E-state index is 5.46. The predicted molar refractivity (Wildman–Crippen MR) is 127 cm³/mol. The molecule has 5 rings (SSSR count). The van der Waals surface area contributed by atoms with Crippen molar-refractivity contribution in [2.75, 3.05) is 20.8 Å². The molecular weight excluding hydrogens is 440 g/mol. The molecule has 0 radical (unpaired) electrons. The summed E-state index contributed by atoms with van der Waals surface area (Å²) < 4.78 is 12.3. The van der Waals surface area contributed by atoms with E-state index in [1.54, 1.807) is 42.6 Å². The Morgan fingerprint density at radius 1 is 1.21 bits per heavy atom. The van der Waals surface area contributed by atoms with Crippen LogP contribution in [0.3, 0.4) is 0 Å². The minimum Gasteiger partial charge on any atom is -0.493 e. The van der Waals surface area contributed by atoms with Gasteiger partial charge in [0.15, 0.2) is 29.6 Å². The van der Waals surface area contributed by atoms with Crippen molar-refractivity contribution in [3.8, 4) is 11.5 Å². The molecule has 0 saturated carbocycles. The smallest absolute Gasteiger partial charge is 0.192 e. The van der Waals surface area contributed by atoms with Crippen LogP contribution < -0.4 is 9.47 Å². The van der Waals surface area contributed by atoms with E-state index in [0.29, 0.717) is 23.4 Å². The van der Waals surface area contributed by atoms with Gasteiger partial charge in [-0.15, -0.1) is 16.4 Å². The Labute approximate surface area is 195 Å². The van der Waals surface area contributed by atoms with E-state index in [4.69, 9.17) is 19.3 Å². The summed E-state index contributed by atoms with van der Waals surface area (Å²) >= 11 is 1.76. The lowest BCUT2D eigenvalue weighted by Crippen LogP contribution is -2.35. The summed E-state index contributed by atoms with van der Waals surface area (Å²) in [5.74, 6) is 1.86. The summed E-state index contributed by atoms with van der Waals surface area (Å²) in [4.78, 5) is 19.7. The van der Waals surface area contributed by atoms with Crippen LogP contribution in [0.1, 0.15) is 35.7 Å². The van der Waals surface area contributed by atoms with Crippen molar-refractivity contribution in [1.82, 2.24) is 24.5 Å². The van der Waals surface area contributed by atoms with E-state index in [0.717, 1.165) is 40.9 Å². The van der Waals surface area contributed by atoms with Gasteiger partial charge in [0.25, 0.3) is 0 Å². The third-order valence-corrected chi connectivity index (χ3v) is 6.98. The van der Waals surface area contributed by atoms with Crippen molar-refractivity contribution >= 4 is 33.4 Å². The van der Waals surface area contributed by atoms with E-state index in [2.05, 4.69) is 34.0 Å². The molecule has 4 aromatic rings. The number of oxime groups is 1. The molecule has 0 fully saturated rings. The highest BCUT2D eigenvalue weighted by Gasteiger charge is 2.25. The minimum atomic E-state index is 0.167. The number of methoxy groups -OCH3 is 2. The van der Waals surface area contributed by atoms with Gasteiger partial charge in [0, 0.05) is 29.6 Å². The van der Waals surface area contributed by atoms with Gasteiger partial charge in [-0.3, -0.25) is 4.90 Å². The number of ether oxygens (including phenoxy) is 2. The largest absolute Gasteiger partial charge is 0.493 e. The van der Waals surface area contributed by atoms with Gasteiger partial charge in [-0.2, -0.15) is 0 Å². The number of nitrogens with zero attached hydrogens (tertiary/aromatic N) is 6. The molecule has 0 atom stereocenters. The summed E-state index contributed by atoms with van der Waals surface area (Å²) in [7, 11) is 3.20. The number of benzene rings is 1. The van der Waals surface area contributed by atoms with Crippen LogP contribution in [0.2, 0.25) is 0 Å². The van der Waals surface area contributed by atoms with Gasteiger partial charge in [-0.1, -0.05) is 5.16 Å². The molecule has 0 unspecified atom stereocenters. The summed E-state index contributed by atoms with van der Waals surface area (Å²) in [6.45, 7) is 6.67. The number of aromatic nitrogens is 4. The summed E-state index contributed by atoms with van der Waals surface area (Å²) in [5, 5.41) is 9.71. The lowest BCUT2D eigenvalue weighted by Gasteiger charge is -2.30. The number of thiophene rings is 1. The molecule has 1 aromatic carbocycles. The number of rotatable bonds is 7. The highest BCUT2D eigenvalue weighted by Crippen LogP contribution is 2.36. The van der Waals surface area contributed by atoms with E-state index < -0.39 is 0 Å². The first kappa shape index (κ1) is 21.6. The van der Waals surface area contributed by atoms with E-state index in [9.17, 15) is 0 Å². The average molecular weight is 467 g/mol. The second-order valence-corrected chi connectivity index (χ2v) is 9.24. The molecule has 0 spiro atoms. The Hall–Kier alpha value is -3.24. The first-order valence-electron chi connectivity index (χ1n) is 10.8. The molecule has 10 heteroatoms. The van der Waals surface area contributed by atoms with Crippen LogP contribution in [0.4, 0.5) is 0 Å². The molecule has 0 aliphatic carbocycles. The van der Waals surface area contributed by atoms with Crippen LogP contribution in [0.25, 0.3) is 15.9 Å². The van der Waals surface area contributed by atoms with Crippen LogP contribution in [0.5, 0.6) is 11.5 Å². The molecule has 0 bridgehead atoms. The Morgan fingerprint density at radius 3 is 2.85 bits per heavy atom. The Kier molecular flexibility index (Phi) is 5.86. The Morgan fingerprint density at radius 2 is 2.06 bits per heavy atom. The summed E-state index contributed by atoms with van der Waals surface area (Å²) in [6, 6.07) is 6.06. The minimum absolute atomic E-state index is 0.167. The van der Waals surface area contributed by atoms with Crippen LogP contribution in [-0.4, -0.2) is 57.5 Å². The molecule has 0 N–H and O–H groups in total. The zero-order chi connectivity index (χ0) is 22.9. The Bertz CT molecular complexity index is 1330. The SMILES string of the molecule is COc1ccc(/C=N/OCc2nc3c4c5c(sc4ncn3n2)CN(C(C)C)CC5)cc1OC. The normalized spacial score (nSPS) is 14.5. The van der Waals surface area contributed by atoms with E-state index in [1.807, 2.05) is 18.2 Å². The average Bonchev–Trinajstić information content (AvgIpc) is 3.41. The highest BCUT2D eigenvalue weighted by atomic mass is 32.1. The maximum Gasteiger partial charge on any atom is 0.192 e. The molecule has 0 saturated heterocycles. The van der Waals surface area contributed by atoms with Crippen molar-refractivity contribution in [2.24, 2.45) is 5.16 Å². The third-order valence-electron chi connectivity index (χ3n) is 5.86. The van der Waals surface area contributed by atoms with Crippen molar-refractivity contribution in [3.63, 3.8) is 0 Å². The molecule has 4 heterocycles. The number of hydrogen-bond donors (Lipinski definition) is 0. The first-order valence-corrected chi connectivity index (χ1v) is 11.6. The first-order chi connectivity index (χ1) is 16.1. The van der Waals surface area contributed by atoms with Crippen molar-refractivity contribution < 1.29 is 14.3 Å². The van der Waals surface area contributed by atoms with Crippen LogP contribution in [0, 0.1) is 0 Å². The molecule has 1 aliphatic heterocycles. The van der Waals surface area contributed by atoms with Gasteiger partial charge in [-0.25, -0.2) is 14.5 Å². The van der Waals surface area contributed by atoms with Gasteiger partial charge in [0.2, 0.25) is 0 Å². The van der Waals surface area contributed by atoms with E-state index in [-0.39, 0.29) is 6.61 Å². The zero-order valence-electron chi connectivity index (χ0n) is 19.1. The van der Waals surface area contributed by atoms with Gasteiger partial charge >= 0.3 is 0 Å². The maximum atomic E-state index is 5.46. The predicted octanol–water partition coefficient (Wildman–Crippen LogP) is 3.67. The fraction of sp³-hybridized carbons (Fsp3) is 0.391. The standard InChI is InChI=1S/C23H26N6O3S/c1-14(2)28-8-7-16-19(11-28)33-23-21(16)22-26-20(27-29(22)13-24-23)12-32-25-10-15-5-6-17(30-3)18(9-15)31-4/h5-6,9-10,13-14H,7-8,11-12H2,1-4H3/b25-10+. The molecule has 9 nitrogen and oxygen atoms in total. The molecule has 33 heavy (non-hydrogen) atoms. The van der Waals surface area contributed by atoms with Crippen LogP contribution in [0.15, 0.2) is 29.7 Å². The quantitative estimate of drug-likeness (QED) is 0.303. The molecular formula is C23H26N6O3S. The van der Waals surface area contributed by atoms with Gasteiger partial charge in [0.05, 0.1) is 25.8 Å². The number of hydrogen-bond acceptors (Lipinski definition) is 9.